The Morgan fingerprint density at radius 3 is 2.52 bits per heavy atom. The van der Waals surface area contributed by atoms with Crippen molar-refractivity contribution in [2.24, 2.45) is 0 Å². The minimum absolute atomic E-state index is 0.0427. The maximum Gasteiger partial charge on any atom is 0.277 e. The lowest BCUT2D eigenvalue weighted by atomic mass is 10.0. The Balaban J connectivity index is 1.54. The van der Waals surface area contributed by atoms with Gasteiger partial charge in [0.15, 0.2) is 11.5 Å². The van der Waals surface area contributed by atoms with E-state index >= 15 is 0 Å². The number of nitrogens with one attached hydrogen (secondary N) is 1. The van der Waals surface area contributed by atoms with Gasteiger partial charge in [0, 0.05) is 18.2 Å². The van der Waals surface area contributed by atoms with E-state index in [9.17, 15) is 9.59 Å². The molecule has 1 aliphatic heterocycles. The van der Waals surface area contributed by atoms with Crippen molar-refractivity contribution in [3.05, 3.63) is 23.6 Å². The second kappa shape index (κ2) is 11.8. The minimum Gasteiger partial charge on any atom is -0.493 e. The molecule has 1 aliphatic rings. The molecule has 180 valence electrons. The van der Waals surface area contributed by atoms with Gasteiger partial charge in [0.05, 0.1) is 33.6 Å². The van der Waals surface area contributed by atoms with Crippen LogP contribution in [0.3, 0.4) is 0 Å². The molecule has 0 radical (unpaired) electrons. The molecule has 3 rings (SSSR count). The molecular weight excluding hydrogens is 448 g/mol. The summed E-state index contributed by atoms with van der Waals surface area (Å²) in [5, 5.41) is 10.9. The molecule has 33 heavy (non-hydrogen) atoms. The number of nitrogens with zero attached hydrogens (tertiary/aromatic N) is 3. The summed E-state index contributed by atoms with van der Waals surface area (Å²) in [5.41, 5.74) is 0.330. The molecule has 0 bridgehead atoms. The molecule has 2 amide bonds. The van der Waals surface area contributed by atoms with E-state index in [1.54, 1.807) is 12.1 Å². The highest BCUT2D eigenvalue weighted by molar-refractivity contribution is 7.99. The number of hydrogen-bond acceptors (Lipinski definition) is 9. The highest BCUT2D eigenvalue weighted by atomic mass is 32.2. The van der Waals surface area contributed by atoms with Crippen LogP contribution < -0.4 is 19.5 Å². The van der Waals surface area contributed by atoms with E-state index in [2.05, 4.69) is 22.4 Å². The van der Waals surface area contributed by atoms with Crippen LogP contribution in [-0.4, -0.2) is 66.6 Å². The van der Waals surface area contributed by atoms with E-state index in [0.717, 1.165) is 25.8 Å². The molecule has 11 heteroatoms. The second-order valence-corrected chi connectivity index (χ2v) is 8.42. The third-order valence-electron chi connectivity index (χ3n) is 5.51. The maximum atomic E-state index is 12.6. The number of aromatic nitrogens is 2. The number of piperidine rings is 1. The number of carbonyl (C=O) groups is 2. The molecule has 1 N–H and O–H groups in total. The number of rotatable bonds is 10. The molecule has 1 fully saturated rings. The quantitative estimate of drug-likeness (QED) is 0.515. The zero-order valence-corrected chi connectivity index (χ0v) is 20.2. The summed E-state index contributed by atoms with van der Waals surface area (Å²) in [5.74, 6) is 1.36. The van der Waals surface area contributed by atoms with Crippen LogP contribution in [0.1, 0.15) is 48.9 Å². The van der Waals surface area contributed by atoms with Crippen LogP contribution in [0.5, 0.6) is 17.2 Å². The number of hydrogen-bond donors (Lipinski definition) is 1. The Hall–Kier alpha value is -2.95. The Morgan fingerprint density at radius 1 is 1.15 bits per heavy atom. The predicted octanol–water partition coefficient (Wildman–Crippen LogP) is 2.91. The first kappa shape index (κ1) is 24.7. The van der Waals surface area contributed by atoms with Gasteiger partial charge >= 0.3 is 0 Å². The third-order valence-corrected chi connectivity index (χ3v) is 6.32. The number of benzene rings is 1. The molecule has 1 atom stereocenters. The van der Waals surface area contributed by atoms with Crippen molar-refractivity contribution in [3.8, 4) is 17.2 Å². The standard InChI is InChI=1S/C22H30N4O6S/c1-5-15-8-6-7-9-26(15)19(27)13-33-22-25-24-18(32-22)12-23-21(28)14-10-16(29-2)20(31-4)17(11-14)30-3/h10-11,15H,5-9,12-13H2,1-4H3,(H,23,28)/t15-/m1/s1. The summed E-state index contributed by atoms with van der Waals surface area (Å²) < 4.78 is 21.4. The van der Waals surface area contributed by atoms with Crippen LogP contribution in [0.2, 0.25) is 0 Å². The minimum atomic E-state index is -0.368. The summed E-state index contributed by atoms with van der Waals surface area (Å²) in [6.45, 7) is 2.96. The number of methoxy groups -OCH3 is 3. The van der Waals surface area contributed by atoms with Gasteiger partial charge in [-0.15, -0.1) is 10.2 Å². The number of thioether (sulfide) groups is 1. The van der Waals surface area contributed by atoms with E-state index in [0.29, 0.717) is 34.1 Å². The Labute approximate surface area is 197 Å². The maximum absolute atomic E-state index is 12.6. The summed E-state index contributed by atoms with van der Waals surface area (Å²) in [7, 11) is 4.46. The van der Waals surface area contributed by atoms with E-state index < -0.39 is 0 Å². The molecule has 10 nitrogen and oxygen atoms in total. The van der Waals surface area contributed by atoms with Crippen LogP contribution in [-0.2, 0) is 11.3 Å². The molecule has 1 saturated heterocycles. The average molecular weight is 479 g/mol. The zero-order valence-electron chi connectivity index (χ0n) is 19.4. The molecule has 2 aromatic rings. The van der Waals surface area contributed by atoms with Gasteiger partial charge in [-0.25, -0.2) is 0 Å². The monoisotopic (exact) mass is 478 g/mol. The van der Waals surface area contributed by atoms with Crippen LogP contribution >= 0.6 is 11.8 Å². The lowest BCUT2D eigenvalue weighted by Gasteiger charge is -2.35. The Morgan fingerprint density at radius 2 is 1.88 bits per heavy atom. The van der Waals surface area contributed by atoms with Crippen molar-refractivity contribution in [1.82, 2.24) is 20.4 Å². The van der Waals surface area contributed by atoms with Gasteiger partial charge in [-0.05, 0) is 37.8 Å². The molecule has 0 saturated carbocycles. The van der Waals surface area contributed by atoms with E-state index in [1.165, 1.54) is 39.5 Å². The SMILES string of the molecule is CC[C@@H]1CCCCN1C(=O)CSc1nnc(CNC(=O)c2cc(OC)c(OC)c(OC)c2)o1. The van der Waals surface area contributed by atoms with Crippen molar-refractivity contribution in [1.29, 1.82) is 0 Å². The van der Waals surface area contributed by atoms with Gasteiger partial charge in [-0.3, -0.25) is 9.59 Å². The third kappa shape index (κ3) is 6.10. The topological polar surface area (TPSA) is 116 Å². The Kier molecular flexibility index (Phi) is 8.81. The largest absolute Gasteiger partial charge is 0.493 e. The zero-order chi connectivity index (χ0) is 23.8. The van der Waals surface area contributed by atoms with Gasteiger partial charge in [0.25, 0.3) is 11.1 Å². The molecular formula is C22H30N4O6S. The summed E-state index contributed by atoms with van der Waals surface area (Å²) >= 11 is 1.21. The van der Waals surface area contributed by atoms with Crippen molar-refractivity contribution in [2.75, 3.05) is 33.6 Å². The first-order valence-corrected chi connectivity index (χ1v) is 11.8. The van der Waals surface area contributed by atoms with Gasteiger partial charge in [-0.2, -0.15) is 0 Å². The fourth-order valence-corrected chi connectivity index (χ4v) is 4.46. The number of ether oxygens (including phenoxy) is 3. The molecule has 0 aliphatic carbocycles. The predicted molar refractivity (Wildman–Crippen MR) is 122 cm³/mol. The first-order valence-electron chi connectivity index (χ1n) is 10.8. The lowest BCUT2D eigenvalue weighted by Crippen LogP contribution is -2.44. The molecule has 1 aromatic carbocycles. The van der Waals surface area contributed by atoms with E-state index in [1.807, 2.05) is 4.90 Å². The molecule has 1 aromatic heterocycles. The summed E-state index contributed by atoms with van der Waals surface area (Å²) in [6, 6.07) is 3.43. The number of carbonyl (C=O) groups excluding carboxylic acids is 2. The van der Waals surface area contributed by atoms with Crippen molar-refractivity contribution in [2.45, 2.75) is 50.4 Å². The smallest absolute Gasteiger partial charge is 0.277 e. The van der Waals surface area contributed by atoms with Crippen molar-refractivity contribution < 1.29 is 28.2 Å². The number of likely N-dealkylation sites (tertiary alicyclic amines) is 1. The number of amides is 2. The van der Waals surface area contributed by atoms with Gasteiger partial charge in [0.1, 0.15) is 0 Å². The second-order valence-electron chi connectivity index (χ2n) is 7.49. The van der Waals surface area contributed by atoms with Crippen LogP contribution in [0.25, 0.3) is 0 Å². The van der Waals surface area contributed by atoms with E-state index in [4.69, 9.17) is 18.6 Å². The van der Waals surface area contributed by atoms with Gasteiger partial charge in [0.2, 0.25) is 17.5 Å². The van der Waals surface area contributed by atoms with Crippen molar-refractivity contribution >= 4 is 23.6 Å². The van der Waals surface area contributed by atoms with Gasteiger partial charge < -0.3 is 28.8 Å². The van der Waals surface area contributed by atoms with Gasteiger partial charge in [-0.1, -0.05) is 18.7 Å². The highest BCUT2D eigenvalue weighted by Crippen LogP contribution is 2.38. The normalized spacial score (nSPS) is 15.8. The van der Waals surface area contributed by atoms with E-state index in [-0.39, 0.29) is 30.0 Å². The Bertz CT molecular complexity index is 941. The van der Waals surface area contributed by atoms with Crippen molar-refractivity contribution in [3.63, 3.8) is 0 Å². The first-order chi connectivity index (χ1) is 16.0. The lowest BCUT2D eigenvalue weighted by molar-refractivity contribution is -0.132. The highest BCUT2D eigenvalue weighted by Gasteiger charge is 2.25. The van der Waals surface area contributed by atoms with Crippen LogP contribution in [0.15, 0.2) is 21.8 Å². The summed E-state index contributed by atoms with van der Waals surface area (Å²) in [4.78, 5) is 27.2. The fourth-order valence-electron chi connectivity index (χ4n) is 3.80. The van der Waals surface area contributed by atoms with Crippen LogP contribution in [0, 0.1) is 0 Å². The summed E-state index contributed by atoms with van der Waals surface area (Å²) in [6.07, 6.45) is 4.24. The molecule has 0 unspecified atom stereocenters. The molecule has 0 spiro atoms. The molecule has 2 heterocycles. The average Bonchev–Trinajstić information content (AvgIpc) is 3.32. The fraction of sp³-hybridized carbons (Fsp3) is 0.545. The van der Waals surface area contributed by atoms with Crippen LogP contribution in [0.4, 0.5) is 0 Å².